The zero-order valence-electron chi connectivity index (χ0n) is 14.1. The van der Waals surface area contributed by atoms with Crippen LogP contribution in [-0.4, -0.2) is 50.9 Å². The number of methoxy groups -OCH3 is 1. The van der Waals surface area contributed by atoms with Gasteiger partial charge in [-0.1, -0.05) is 19.4 Å². The van der Waals surface area contributed by atoms with E-state index in [0.717, 1.165) is 38.9 Å². The maximum atomic E-state index is 10.1. The van der Waals surface area contributed by atoms with Crippen molar-refractivity contribution in [3.05, 3.63) is 23.8 Å². The fourth-order valence-electron chi connectivity index (χ4n) is 2.60. The van der Waals surface area contributed by atoms with Gasteiger partial charge in [-0.15, -0.1) is 0 Å². The van der Waals surface area contributed by atoms with Crippen LogP contribution in [-0.2, 0) is 15.9 Å². The Bertz CT molecular complexity index is 457. The quantitative estimate of drug-likeness (QED) is 0.756. The summed E-state index contributed by atoms with van der Waals surface area (Å²) in [6.07, 6.45) is 3.38. The number of aliphatic hydroxyl groups is 1. The van der Waals surface area contributed by atoms with E-state index in [2.05, 4.69) is 6.92 Å². The molecule has 5 nitrogen and oxygen atoms in total. The van der Waals surface area contributed by atoms with Crippen LogP contribution in [0.5, 0.6) is 11.5 Å². The highest BCUT2D eigenvalue weighted by molar-refractivity contribution is 5.43. The van der Waals surface area contributed by atoms with Crippen molar-refractivity contribution in [3.63, 3.8) is 0 Å². The molecule has 0 aliphatic carbocycles. The van der Waals surface area contributed by atoms with Gasteiger partial charge in [0.1, 0.15) is 12.7 Å². The summed E-state index contributed by atoms with van der Waals surface area (Å²) in [4.78, 5) is 0. The lowest BCUT2D eigenvalue weighted by molar-refractivity contribution is -0.0660. The van der Waals surface area contributed by atoms with Crippen LogP contribution >= 0.6 is 0 Å². The van der Waals surface area contributed by atoms with Crippen LogP contribution in [0, 0.1) is 0 Å². The van der Waals surface area contributed by atoms with Gasteiger partial charge in [-0.05, 0) is 37.0 Å². The Kier molecular flexibility index (Phi) is 7.65. The minimum atomic E-state index is -0.655. The standard InChI is InChI=1S/C18H28O5/c1-3-4-14-5-6-17(20-2)18(11-14)23-13-15(19)12-22-16-7-9-21-10-8-16/h5-6,11,15-16,19H,3-4,7-10,12-13H2,1-2H3. The van der Waals surface area contributed by atoms with Gasteiger partial charge < -0.3 is 24.1 Å². The number of hydrogen-bond acceptors (Lipinski definition) is 5. The second-order valence-corrected chi connectivity index (χ2v) is 5.85. The van der Waals surface area contributed by atoms with Crippen molar-refractivity contribution in [1.82, 2.24) is 0 Å². The summed E-state index contributed by atoms with van der Waals surface area (Å²) < 4.78 is 22.0. The van der Waals surface area contributed by atoms with Crippen molar-refractivity contribution in [2.24, 2.45) is 0 Å². The van der Waals surface area contributed by atoms with Gasteiger partial charge in [0.2, 0.25) is 0 Å². The van der Waals surface area contributed by atoms with Crippen LogP contribution in [0.2, 0.25) is 0 Å². The van der Waals surface area contributed by atoms with Crippen molar-refractivity contribution in [1.29, 1.82) is 0 Å². The third kappa shape index (κ3) is 6.01. The molecule has 1 saturated heterocycles. The van der Waals surface area contributed by atoms with Crippen LogP contribution < -0.4 is 9.47 Å². The Morgan fingerprint density at radius 1 is 1.22 bits per heavy atom. The second kappa shape index (κ2) is 9.75. The molecule has 1 aliphatic rings. The predicted octanol–water partition coefficient (Wildman–Crippen LogP) is 2.58. The Balaban J connectivity index is 1.80. The monoisotopic (exact) mass is 324 g/mol. The van der Waals surface area contributed by atoms with Gasteiger partial charge in [-0.25, -0.2) is 0 Å². The van der Waals surface area contributed by atoms with Crippen molar-refractivity contribution in [2.75, 3.05) is 33.5 Å². The molecule has 0 bridgehead atoms. The van der Waals surface area contributed by atoms with E-state index in [0.29, 0.717) is 11.5 Å². The molecule has 1 N–H and O–H groups in total. The van der Waals surface area contributed by atoms with Gasteiger partial charge in [0, 0.05) is 13.2 Å². The van der Waals surface area contributed by atoms with Crippen LogP contribution in [0.3, 0.4) is 0 Å². The summed E-state index contributed by atoms with van der Waals surface area (Å²) >= 11 is 0. The molecule has 1 aliphatic heterocycles. The van der Waals surface area contributed by atoms with Crippen LogP contribution in [0.15, 0.2) is 18.2 Å². The maximum Gasteiger partial charge on any atom is 0.161 e. The lowest BCUT2D eigenvalue weighted by atomic mass is 10.1. The van der Waals surface area contributed by atoms with Crippen molar-refractivity contribution < 1.29 is 24.1 Å². The molecule has 0 spiro atoms. The van der Waals surface area contributed by atoms with E-state index in [-0.39, 0.29) is 19.3 Å². The molecule has 1 fully saturated rings. The Hall–Kier alpha value is -1.30. The van der Waals surface area contributed by atoms with E-state index < -0.39 is 6.10 Å². The Labute approximate surface area is 138 Å². The highest BCUT2D eigenvalue weighted by Crippen LogP contribution is 2.28. The molecule has 0 amide bonds. The average Bonchev–Trinajstić information content (AvgIpc) is 2.59. The maximum absolute atomic E-state index is 10.1. The second-order valence-electron chi connectivity index (χ2n) is 5.85. The molecule has 130 valence electrons. The molecule has 1 heterocycles. The number of aliphatic hydroxyl groups excluding tert-OH is 1. The van der Waals surface area contributed by atoms with Gasteiger partial charge in [0.05, 0.1) is 19.8 Å². The summed E-state index contributed by atoms with van der Waals surface area (Å²) in [6, 6.07) is 5.93. The zero-order chi connectivity index (χ0) is 16.5. The molecule has 0 radical (unpaired) electrons. The Morgan fingerprint density at radius 3 is 2.70 bits per heavy atom. The van der Waals surface area contributed by atoms with E-state index >= 15 is 0 Å². The molecule has 5 heteroatoms. The van der Waals surface area contributed by atoms with E-state index in [4.69, 9.17) is 18.9 Å². The molecule has 0 aromatic heterocycles. The van der Waals surface area contributed by atoms with E-state index in [9.17, 15) is 5.11 Å². The van der Waals surface area contributed by atoms with E-state index in [1.807, 2.05) is 18.2 Å². The van der Waals surface area contributed by atoms with Crippen molar-refractivity contribution in [3.8, 4) is 11.5 Å². The fraction of sp³-hybridized carbons (Fsp3) is 0.667. The van der Waals surface area contributed by atoms with Crippen LogP contribution in [0.25, 0.3) is 0 Å². The smallest absolute Gasteiger partial charge is 0.161 e. The first-order valence-corrected chi connectivity index (χ1v) is 8.40. The number of aryl methyl sites for hydroxylation is 1. The lowest BCUT2D eigenvalue weighted by Gasteiger charge is -2.23. The molecule has 2 rings (SSSR count). The molecule has 1 atom stereocenters. The Morgan fingerprint density at radius 2 is 2.00 bits per heavy atom. The first-order valence-electron chi connectivity index (χ1n) is 8.40. The molecular weight excluding hydrogens is 296 g/mol. The number of hydrogen-bond donors (Lipinski definition) is 1. The summed E-state index contributed by atoms with van der Waals surface area (Å²) in [5, 5.41) is 10.1. The van der Waals surface area contributed by atoms with Gasteiger partial charge >= 0.3 is 0 Å². The fourth-order valence-corrected chi connectivity index (χ4v) is 2.60. The normalized spacial score (nSPS) is 17.0. The van der Waals surface area contributed by atoms with Gasteiger partial charge in [0.25, 0.3) is 0 Å². The van der Waals surface area contributed by atoms with Gasteiger partial charge in [-0.2, -0.15) is 0 Å². The third-order valence-corrected chi connectivity index (χ3v) is 3.89. The SMILES string of the molecule is CCCc1ccc(OC)c(OCC(O)COC2CCOCC2)c1. The predicted molar refractivity (Wildman–Crippen MR) is 88.3 cm³/mol. The van der Waals surface area contributed by atoms with E-state index in [1.54, 1.807) is 7.11 Å². The summed E-state index contributed by atoms with van der Waals surface area (Å²) in [7, 11) is 1.62. The van der Waals surface area contributed by atoms with Crippen molar-refractivity contribution in [2.45, 2.75) is 44.8 Å². The van der Waals surface area contributed by atoms with Gasteiger partial charge in [-0.3, -0.25) is 0 Å². The molecule has 1 aromatic carbocycles. The summed E-state index contributed by atoms with van der Waals surface area (Å²) in [6.45, 7) is 4.08. The topological polar surface area (TPSA) is 57.2 Å². The van der Waals surface area contributed by atoms with Crippen LogP contribution in [0.1, 0.15) is 31.7 Å². The average molecular weight is 324 g/mol. The lowest BCUT2D eigenvalue weighted by Crippen LogP contribution is -2.30. The largest absolute Gasteiger partial charge is 0.493 e. The number of benzene rings is 1. The number of rotatable bonds is 9. The van der Waals surface area contributed by atoms with Gasteiger partial charge in [0.15, 0.2) is 11.5 Å². The minimum Gasteiger partial charge on any atom is -0.493 e. The molecule has 23 heavy (non-hydrogen) atoms. The molecule has 0 saturated carbocycles. The van der Waals surface area contributed by atoms with Crippen LogP contribution in [0.4, 0.5) is 0 Å². The minimum absolute atomic E-state index is 0.181. The van der Waals surface area contributed by atoms with E-state index in [1.165, 1.54) is 5.56 Å². The molecular formula is C18H28O5. The molecule has 1 aromatic rings. The summed E-state index contributed by atoms with van der Waals surface area (Å²) in [5.74, 6) is 1.35. The first kappa shape index (κ1) is 18.0. The number of ether oxygens (including phenoxy) is 4. The highest BCUT2D eigenvalue weighted by atomic mass is 16.5. The first-order chi connectivity index (χ1) is 11.2. The summed E-state index contributed by atoms with van der Waals surface area (Å²) in [5.41, 5.74) is 1.20. The molecule has 1 unspecified atom stereocenters. The third-order valence-electron chi connectivity index (χ3n) is 3.89. The highest BCUT2D eigenvalue weighted by Gasteiger charge is 2.16. The zero-order valence-corrected chi connectivity index (χ0v) is 14.1. The van der Waals surface area contributed by atoms with Crippen molar-refractivity contribution >= 4 is 0 Å².